The van der Waals surface area contributed by atoms with Gasteiger partial charge in [0.25, 0.3) is 5.91 Å². The van der Waals surface area contributed by atoms with E-state index in [1.165, 1.54) is 20.0 Å². The van der Waals surface area contributed by atoms with Gasteiger partial charge in [-0.1, -0.05) is 0 Å². The Morgan fingerprint density at radius 3 is 2.53 bits per heavy atom. The van der Waals surface area contributed by atoms with E-state index in [0.717, 1.165) is 0 Å². The van der Waals surface area contributed by atoms with Crippen LogP contribution in [-0.2, 0) is 4.79 Å². The van der Waals surface area contributed by atoms with Crippen molar-refractivity contribution >= 4 is 11.9 Å². The Bertz CT molecular complexity index is 435. The van der Waals surface area contributed by atoms with E-state index in [1.54, 1.807) is 10.7 Å². The molecule has 17 heavy (non-hydrogen) atoms. The number of nitrogens with zero attached hydrogens (tertiary/aromatic N) is 2. The van der Waals surface area contributed by atoms with Crippen LogP contribution in [0.15, 0.2) is 12.3 Å². The largest absolute Gasteiger partial charge is 0.480 e. The molecule has 0 spiro atoms. The Labute approximate surface area is 99.6 Å². The third-order valence-electron chi connectivity index (χ3n) is 2.35. The Balaban J connectivity index is 2.91. The first-order valence-electron chi connectivity index (χ1n) is 5.35. The van der Waals surface area contributed by atoms with Crippen LogP contribution in [0, 0.1) is 0 Å². The van der Waals surface area contributed by atoms with Crippen molar-refractivity contribution in [1.29, 1.82) is 0 Å². The van der Waals surface area contributed by atoms with Crippen LogP contribution < -0.4 is 5.32 Å². The summed E-state index contributed by atoms with van der Waals surface area (Å²) in [6, 6.07) is 1.60. The van der Waals surface area contributed by atoms with Gasteiger partial charge in [0, 0.05) is 12.2 Å². The highest BCUT2D eigenvalue weighted by Gasteiger charge is 2.30. The van der Waals surface area contributed by atoms with E-state index in [2.05, 4.69) is 10.4 Å². The minimum absolute atomic E-state index is 0.0405. The van der Waals surface area contributed by atoms with E-state index in [-0.39, 0.29) is 6.04 Å². The Hall–Kier alpha value is -1.85. The number of aromatic nitrogens is 2. The van der Waals surface area contributed by atoms with Gasteiger partial charge in [-0.2, -0.15) is 5.10 Å². The maximum absolute atomic E-state index is 11.9. The summed E-state index contributed by atoms with van der Waals surface area (Å²) in [5.74, 6) is -1.52. The summed E-state index contributed by atoms with van der Waals surface area (Å²) in [5, 5.41) is 15.4. The second-order valence-electron chi connectivity index (χ2n) is 4.64. The Morgan fingerprint density at radius 2 is 2.06 bits per heavy atom. The van der Waals surface area contributed by atoms with Gasteiger partial charge in [-0.05, 0) is 33.8 Å². The average molecular weight is 239 g/mol. The Kier molecular flexibility index (Phi) is 3.55. The molecule has 0 saturated heterocycles. The van der Waals surface area contributed by atoms with Crippen molar-refractivity contribution in [2.75, 3.05) is 0 Å². The fraction of sp³-hybridized carbons (Fsp3) is 0.545. The molecule has 0 aromatic carbocycles. The number of amides is 1. The quantitative estimate of drug-likeness (QED) is 0.822. The fourth-order valence-electron chi connectivity index (χ4n) is 1.31. The minimum Gasteiger partial charge on any atom is -0.480 e. The van der Waals surface area contributed by atoms with Crippen molar-refractivity contribution < 1.29 is 14.7 Å². The number of carboxylic acid groups (broad SMARTS) is 1. The molecule has 0 saturated carbocycles. The van der Waals surface area contributed by atoms with E-state index in [1.807, 2.05) is 13.8 Å². The number of hydrogen-bond donors (Lipinski definition) is 2. The molecule has 6 nitrogen and oxygen atoms in total. The van der Waals surface area contributed by atoms with Gasteiger partial charge in [0.1, 0.15) is 11.2 Å². The number of nitrogens with one attached hydrogen (secondary N) is 1. The predicted octanol–water partition coefficient (Wildman–Crippen LogP) is 1.06. The normalized spacial score (nSPS) is 11.6. The van der Waals surface area contributed by atoms with E-state index in [0.29, 0.717) is 5.69 Å². The molecule has 0 unspecified atom stereocenters. The van der Waals surface area contributed by atoms with Crippen LogP contribution in [0.4, 0.5) is 0 Å². The van der Waals surface area contributed by atoms with Gasteiger partial charge in [-0.15, -0.1) is 0 Å². The zero-order valence-electron chi connectivity index (χ0n) is 10.4. The summed E-state index contributed by atoms with van der Waals surface area (Å²) in [6.45, 7) is 6.66. The molecule has 1 aromatic rings. The first-order chi connectivity index (χ1) is 7.75. The molecule has 1 heterocycles. The summed E-state index contributed by atoms with van der Waals surface area (Å²) in [6.07, 6.45) is 1.52. The SMILES string of the molecule is CC(C)n1nccc1C(=O)NC(C)(C)C(=O)O. The molecule has 94 valence electrons. The molecule has 6 heteroatoms. The van der Waals surface area contributed by atoms with Crippen LogP contribution >= 0.6 is 0 Å². The average Bonchev–Trinajstić information content (AvgIpc) is 2.64. The molecule has 1 rings (SSSR count). The van der Waals surface area contributed by atoms with E-state index in [9.17, 15) is 9.59 Å². The van der Waals surface area contributed by atoms with Crippen LogP contribution in [-0.4, -0.2) is 32.3 Å². The number of carbonyl (C=O) groups is 2. The van der Waals surface area contributed by atoms with Gasteiger partial charge in [-0.25, -0.2) is 4.79 Å². The number of carbonyl (C=O) groups excluding carboxylic acids is 1. The van der Waals surface area contributed by atoms with Gasteiger partial charge in [0.05, 0.1) is 0 Å². The van der Waals surface area contributed by atoms with Crippen LogP contribution in [0.5, 0.6) is 0 Å². The van der Waals surface area contributed by atoms with Gasteiger partial charge in [0.2, 0.25) is 0 Å². The summed E-state index contributed by atoms with van der Waals surface area (Å²) in [4.78, 5) is 22.8. The van der Waals surface area contributed by atoms with Crippen molar-refractivity contribution in [1.82, 2.24) is 15.1 Å². The molecule has 0 aliphatic heterocycles. The number of hydrogen-bond acceptors (Lipinski definition) is 3. The highest BCUT2D eigenvalue weighted by Crippen LogP contribution is 2.10. The lowest BCUT2D eigenvalue weighted by Crippen LogP contribution is -2.50. The van der Waals surface area contributed by atoms with Crippen molar-refractivity contribution in [3.63, 3.8) is 0 Å². The van der Waals surface area contributed by atoms with E-state index >= 15 is 0 Å². The highest BCUT2D eigenvalue weighted by atomic mass is 16.4. The van der Waals surface area contributed by atoms with Crippen LogP contribution in [0.3, 0.4) is 0 Å². The number of rotatable bonds is 4. The first kappa shape index (κ1) is 13.2. The molecule has 0 fully saturated rings. The van der Waals surface area contributed by atoms with E-state index in [4.69, 9.17) is 5.11 Å². The Morgan fingerprint density at radius 1 is 1.47 bits per heavy atom. The fourth-order valence-corrected chi connectivity index (χ4v) is 1.31. The molecule has 0 aliphatic carbocycles. The molecule has 2 N–H and O–H groups in total. The van der Waals surface area contributed by atoms with Gasteiger partial charge in [0.15, 0.2) is 0 Å². The molecule has 0 radical (unpaired) electrons. The zero-order valence-corrected chi connectivity index (χ0v) is 10.4. The zero-order chi connectivity index (χ0) is 13.2. The predicted molar refractivity (Wildman–Crippen MR) is 61.8 cm³/mol. The van der Waals surface area contributed by atoms with Gasteiger partial charge < -0.3 is 10.4 Å². The summed E-state index contributed by atoms with van der Waals surface area (Å²) < 4.78 is 1.55. The highest BCUT2D eigenvalue weighted by molar-refractivity contribution is 5.96. The maximum atomic E-state index is 11.9. The summed E-state index contributed by atoms with van der Waals surface area (Å²) in [5.41, 5.74) is -0.947. The third kappa shape index (κ3) is 2.83. The molecule has 1 aromatic heterocycles. The van der Waals surface area contributed by atoms with Crippen molar-refractivity contribution in [3.8, 4) is 0 Å². The lowest BCUT2D eigenvalue weighted by molar-refractivity contribution is -0.143. The number of aliphatic carboxylic acids is 1. The number of carboxylic acids is 1. The lowest BCUT2D eigenvalue weighted by Gasteiger charge is -2.21. The van der Waals surface area contributed by atoms with Crippen molar-refractivity contribution in [2.45, 2.75) is 39.3 Å². The van der Waals surface area contributed by atoms with Crippen LogP contribution in [0.2, 0.25) is 0 Å². The first-order valence-corrected chi connectivity index (χ1v) is 5.35. The smallest absolute Gasteiger partial charge is 0.328 e. The second-order valence-corrected chi connectivity index (χ2v) is 4.64. The summed E-state index contributed by atoms with van der Waals surface area (Å²) in [7, 11) is 0. The third-order valence-corrected chi connectivity index (χ3v) is 2.35. The molecule has 0 atom stereocenters. The standard InChI is InChI=1S/C11H17N3O3/c1-7(2)14-8(5-6-12-14)9(15)13-11(3,4)10(16)17/h5-7H,1-4H3,(H,13,15)(H,16,17). The second kappa shape index (κ2) is 4.57. The minimum atomic E-state index is -1.30. The van der Waals surface area contributed by atoms with Crippen molar-refractivity contribution in [2.24, 2.45) is 0 Å². The molecular formula is C11H17N3O3. The molecule has 0 aliphatic rings. The van der Waals surface area contributed by atoms with Gasteiger partial charge in [-0.3, -0.25) is 9.48 Å². The van der Waals surface area contributed by atoms with Crippen LogP contribution in [0.25, 0.3) is 0 Å². The molecule has 0 bridgehead atoms. The van der Waals surface area contributed by atoms with Crippen LogP contribution in [0.1, 0.15) is 44.2 Å². The lowest BCUT2D eigenvalue weighted by atomic mass is 10.1. The summed E-state index contributed by atoms with van der Waals surface area (Å²) >= 11 is 0. The monoisotopic (exact) mass is 239 g/mol. The molecular weight excluding hydrogens is 222 g/mol. The van der Waals surface area contributed by atoms with E-state index < -0.39 is 17.4 Å². The van der Waals surface area contributed by atoms with Gasteiger partial charge >= 0.3 is 5.97 Å². The van der Waals surface area contributed by atoms with Crippen molar-refractivity contribution in [3.05, 3.63) is 18.0 Å². The maximum Gasteiger partial charge on any atom is 0.328 e. The topological polar surface area (TPSA) is 84.2 Å². The molecule has 1 amide bonds.